The second-order valence-corrected chi connectivity index (χ2v) is 10.5. The lowest BCUT2D eigenvalue weighted by atomic mass is 9.92. The smallest absolute Gasteiger partial charge is 0.345 e. The summed E-state index contributed by atoms with van der Waals surface area (Å²) >= 11 is 0.787. The minimum atomic E-state index is -4.65. The highest BCUT2D eigenvalue weighted by atomic mass is 32.1. The first kappa shape index (κ1) is 29.9. The Labute approximate surface area is 226 Å². The molecule has 0 aromatic carbocycles. The molecule has 0 radical (unpaired) electrons. The molecule has 2 atom stereocenters. The molecule has 10 nitrogen and oxygen atoms in total. The Balaban J connectivity index is 1.78. The number of aromatic nitrogens is 2. The number of rotatable bonds is 8. The van der Waals surface area contributed by atoms with Crippen molar-refractivity contribution in [1.29, 1.82) is 5.26 Å². The summed E-state index contributed by atoms with van der Waals surface area (Å²) in [5.41, 5.74) is -1.13. The summed E-state index contributed by atoms with van der Waals surface area (Å²) in [5.74, 6) is 0.259. The number of pyridine rings is 1. The average Bonchev–Trinajstić information content (AvgIpc) is 3.15. The van der Waals surface area contributed by atoms with Crippen LogP contribution < -0.4 is 30.7 Å². The summed E-state index contributed by atoms with van der Waals surface area (Å²) < 4.78 is 38.6. The molecular weight excluding hydrogens is 535 g/mol. The molecule has 2 aromatic rings. The minimum Gasteiger partial charge on any atom is -0.345 e. The molecule has 1 aliphatic rings. The van der Waals surface area contributed by atoms with Gasteiger partial charge in [0.25, 0.3) is 11.5 Å². The van der Waals surface area contributed by atoms with Crippen LogP contribution in [0.1, 0.15) is 27.2 Å². The Morgan fingerprint density at radius 1 is 1.23 bits per heavy atom. The summed E-state index contributed by atoms with van der Waals surface area (Å²) in [6.07, 6.45) is -2.18. The topological polar surface area (TPSA) is 132 Å². The number of piperidine rings is 1. The van der Waals surface area contributed by atoms with Gasteiger partial charge in [0, 0.05) is 25.8 Å². The minimum absolute atomic E-state index is 0.0620. The van der Waals surface area contributed by atoms with E-state index in [2.05, 4.69) is 34.4 Å². The van der Waals surface area contributed by atoms with Crippen LogP contribution in [0.5, 0.6) is 0 Å². The van der Waals surface area contributed by atoms with Gasteiger partial charge in [-0.05, 0) is 37.3 Å². The third kappa shape index (κ3) is 8.39. The van der Waals surface area contributed by atoms with Crippen LogP contribution in [-0.2, 0) is 16.1 Å². The average molecular weight is 566 g/mol. The zero-order valence-electron chi connectivity index (χ0n) is 21.8. The first-order valence-electron chi connectivity index (χ1n) is 12.3. The van der Waals surface area contributed by atoms with Crippen molar-refractivity contribution in [2.45, 2.75) is 39.9 Å². The molecule has 0 spiro atoms. The fourth-order valence-electron chi connectivity index (χ4n) is 4.49. The van der Waals surface area contributed by atoms with E-state index < -0.39 is 29.8 Å². The lowest BCUT2D eigenvalue weighted by molar-refractivity contribution is -0.135. The molecule has 0 aliphatic carbocycles. The molecule has 3 rings (SSSR count). The van der Waals surface area contributed by atoms with Crippen molar-refractivity contribution in [3.63, 3.8) is 0 Å². The van der Waals surface area contributed by atoms with E-state index in [4.69, 9.17) is 0 Å². The van der Waals surface area contributed by atoms with Gasteiger partial charge in [-0.15, -0.1) is 11.3 Å². The van der Waals surface area contributed by atoms with Gasteiger partial charge in [-0.3, -0.25) is 23.9 Å². The van der Waals surface area contributed by atoms with Gasteiger partial charge in [0.2, 0.25) is 5.91 Å². The van der Waals surface area contributed by atoms with E-state index in [1.54, 1.807) is 36.5 Å². The van der Waals surface area contributed by atoms with Crippen molar-refractivity contribution in [1.82, 2.24) is 19.8 Å². The normalized spacial score (nSPS) is 19.3. The number of nitrogens with one attached hydrogen (secondary N) is 3. The summed E-state index contributed by atoms with van der Waals surface area (Å²) in [6.45, 7) is 6.39. The molecule has 3 heterocycles. The van der Waals surface area contributed by atoms with Crippen molar-refractivity contribution in [2.24, 2.45) is 11.8 Å². The number of hydrogen-bond donors (Lipinski definition) is 3. The van der Waals surface area contributed by atoms with Crippen molar-refractivity contribution < 1.29 is 22.8 Å². The van der Waals surface area contributed by atoms with Crippen molar-refractivity contribution in [3.8, 4) is 6.07 Å². The highest BCUT2D eigenvalue weighted by molar-refractivity contribution is 7.07. The van der Waals surface area contributed by atoms with Crippen molar-refractivity contribution in [2.75, 3.05) is 36.8 Å². The van der Waals surface area contributed by atoms with Crippen LogP contribution >= 0.6 is 11.3 Å². The number of carbonyl (C=O) groups excluding carboxylic acids is 2. The molecule has 0 bridgehead atoms. The molecule has 2 amide bonds. The second-order valence-electron chi connectivity index (χ2n) is 9.49. The van der Waals surface area contributed by atoms with E-state index in [9.17, 15) is 32.8 Å². The molecular formula is C25H30F3N7O3S. The van der Waals surface area contributed by atoms with Crippen LogP contribution in [0, 0.1) is 23.2 Å². The highest BCUT2D eigenvalue weighted by Crippen LogP contribution is 2.20. The summed E-state index contributed by atoms with van der Waals surface area (Å²) in [7, 11) is 0. The maximum absolute atomic E-state index is 12.8. The predicted molar refractivity (Wildman–Crippen MR) is 142 cm³/mol. The number of amides is 2. The fourth-order valence-corrected chi connectivity index (χ4v) is 5.57. The number of nitrogens with zero attached hydrogens (tertiary/aromatic N) is 4. The van der Waals surface area contributed by atoms with Gasteiger partial charge in [-0.2, -0.15) is 18.4 Å². The first-order valence-corrected chi connectivity index (χ1v) is 13.2. The van der Waals surface area contributed by atoms with E-state index in [1.807, 2.05) is 0 Å². The van der Waals surface area contributed by atoms with E-state index in [-0.39, 0.29) is 28.2 Å². The highest BCUT2D eigenvalue weighted by Gasteiger charge is 2.29. The maximum atomic E-state index is 12.8. The zero-order chi connectivity index (χ0) is 28.7. The number of nitriles is 1. The molecule has 2 unspecified atom stereocenters. The first-order chi connectivity index (χ1) is 18.4. The number of carbonyl (C=O) groups is 2. The fraction of sp³-hybridized carbons (Fsp3) is 0.480. The van der Waals surface area contributed by atoms with Gasteiger partial charge in [0.05, 0.1) is 6.54 Å². The Kier molecular flexibility index (Phi) is 9.87. The van der Waals surface area contributed by atoms with E-state index in [1.165, 1.54) is 6.20 Å². The third-order valence-corrected chi connectivity index (χ3v) is 7.04. The Morgan fingerprint density at radius 2 is 1.90 bits per heavy atom. The molecule has 210 valence electrons. The standard InChI is InChI=1S/C25H30F3N7O3S/c1-4-35-23(38)18(39-24(35)17(9-29)22(37)31-14-25(26,27)28)10-30-19-6-5-7-20(32-19)33-21(36)13-34-11-15(2)8-16(3)12-34/h5-7,10,15-16H,4,8,11-14H2,1-3H3,(H,31,37)(H2,30,32,33,36)/b18-10+,24-17-. The number of anilines is 2. The van der Waals surface area contributed by atoms with Crippen LogP contribution in [-0.4, -0.2) is 58.6 Å². The predicted octanol–water partition coefficient (Wildman–Crippen LogP) is 1.44. The Bertz CT molecular complexity index is 1420. The monoisotopic (exact) mass is 565 g/mol. The van der Waals surface area contributed by atoms with Crippen molar-refractivity contribution in [3.05, 3.63) is 37.7 Å². The Hall–Kier alpha value is -3.70. The quantitative estimate of drug-likeness (QED) is 0.441. The third-order valence-electron chi connectivity index (χ3n) is 5.91. The van der Waals surface area contributed by atoms with Crippen LogP contribution in [0.2, 0.25) is 0 Å². The number of hydrogen-bond acceptors (Lipinski definition) is 8. The zero-order valence-corrected chi connectivity index (χ0v) is 22.6. The molecule has 39 heavy (non-hydrogen) atoms. The SMILES string of the molecule is CCn1c(=O)/c(=C\Nc2cccc(NC(=O)CN3CC(C)CC(C)C3)n2)s/c1=C(/C#N)C(=O)NCC(F)(F)F. The lowest BCUT2D eigenvalue weighted by Gasteiger charge is -2.34. The van der Waals surface area contributed by atoms with Gasteiger partial charge in [0.1, 0.15) is 33.4 Å². The van der Waals surface area contributed by atoms with Gasteiger partial charge in [0.15, 0.2) is 5.57 Å². The van der Waals surface area contributed by atoms with E-state index in [0.29, 0.717) is 23.5 Å². The van der Waals surface area contributed by atoms with Crippen LogP contribution in [0.4, 0.5) is 24.8 Å². The molecule has 1 saturated heterocycles. The lowest BCUT2D eigenvalue weighted by Crippen LogP contribution is -2.42. The maximum Gasteiger partial charge on any atom is 0.405 e. The molecule has 3 N–H and O–H groups in total. The molecule has 14 heteroatoms. The van der Waals surface area contributed by atoms with Gasteiger partial charge >= 0.3 is 6.18 Å². The Morgan fingerprint density at radius 3 is 2.51 bits per heavy atom. The molecule has 0 saturated carbocycles. The summed E-state index contributed by atoms with van der Waals surface area (Å²) in [6, 6.07) is 6.51. The molecule has 1 fully saturated rings. The summed E-state index contributed by atoms with van der Waals surface area (Å²) in [5, 5.41) is 16.7. The molecule has 1 aliphatic heterocycles. The largest absolute Gasteiger partial charge is 0.405 e. The van der Waals surface area contributed by atoms with E-state index in [0.717, 1.165) is 35.4 Å². The summed E-state index contributed by atoms with van der Waals surface area (Å²) in [4.78, 5) is 44.1. The van der Waals surface area contributed by atoms with Gasteiger partial charge < -0.3 is 16.0 Å². The van der Waals surface area contributed by atoms with Crippen LogP contribution in [0.25, 0.3) is 11.8 Å². The number of thiazole rings is 1. The second kappa shape index (κ2) is 12.9. The number of halogens is 3. The van der Waals surface area contributed by atoms with Gasteiger partial charge in [-0.1, -0.05) is 19.9 Å². The van der Waals surface area contributed by atoms with Crippen LogP contribution in [0.15, 0.2) is 23.0 Å². The van der Waals surface area contributed by atoms with Gasteiger partial charge in [-0.25, -0.2) is 4.98 Å². The molecule has 2 aromatic heterocycles. The van der Waals surface area contributed by atoms with Crippen molar-refractivity contribution >= 4 is 46.6 Å². The number of likely N-dealkylation sites (tertiary alicyclic amines) is 1. The van der Waals surface area contributed by atoms with Crippen LogP contribution in [0.3, 0.4) is 0 Å². The number of alkyl halides is 3. The van der Waals surface area contributed by atoms with E-state index >= 15 is 0 Å².